The van der Waals surface area contributed by atoms with Crippen LogP contribution in [-0.2, 0) is 4.74 Å². The predicted molar refractivity (Wildman–Crippen MR) is 88.4 cm³/mol. The number of aryl methyl sites for hydroxylation is 1. The van der Waals surface area contributed by atoms with Gasteiger partial charge in [-0.3, -0.25) is 4.79 Å². The molecule has 25 heavy (non-hydrogen) atoms. The fourth-order valence-corrected chi connectivity index (χ4v) is 1.91. The third-order valence-corrected chi connectivity index (χ3v) is 3.00. The van der Waals surface area contributed by atoms with Crippen LogP contribution >= 0.6 is 0 Å². The number of nitrogens with one attached hydrogen (secondary N) is 1. The van der Waals surface area contributed by atoms with Gasteiger partial charge in [0, 0.05) is 13.0 Å². The Morgan fingerprint density at radius 3 is 2.68 bits per heavy atom. The number of ether oxygens (including phenoxy) is 1. The first-order valence-corrected chi connectivity index (χ1v) is 7.28. The first-order chi connectivity index (χ1) is 11.9. The molecule has 0 atom stereocenters. The highest BCUT2D eigenvalue weighted by molar-refractivity contribution is 5.88. The van der Waals surface area contributed by atoms with E-state index in [1.807, 2.05) is 0 Å². The first kappa shape index (κ1) is 17.9. The molecule has 0 radical (unpaired) electrons. The Balaban J connectivity index is 0.000000212. The largest absolute Gasteiger partial charge is 0.460 e. The molecule has 0 saturated heterocycles. The molecule has 1 N–H and O–H groups in total. The van der Waals surface area contributed by atoms with E-state index in [1.165, 1.54) is 6.20 Å². The van der Waals surface area contributed by atoms with Crippen molar-refractivity contribution in [1.29, 1.82) is 0 Å². The molecule has 2 heterocycles. The molecule has 0 aliphatic rings. The van der Waals surface area contributed by atoms with E-state index in [9.17, 15) is 19.7 Å². The van der Waals surface area contributed by atoms with Crippen LogP contribution in [0.2, 0.25) is 0 Å². The molecule has 9 heteroatoms. The Bertz CT molecular complexity index is 960. The van der Waals surface area contributed by atoms with Crippen LogP contribution in [0.25, 0.3) is 11.0 Å². The molecule has 0 saturated carbocycles. The Morgan fingerprint density at radius 1 is 1.40 bits per heavy atom. The Morgan fingerprint density at radius 2 is 2.12 bits per heavy atom. The highest BCUT2D eigenvalue weighted by Gasteiger charge is 2.12. The maximum absolute atomic E-state index is 11.6. The number of fused-ring (bicyclic) bond motifs is 1. The summed E-state index contributed by atoms with van der Waals surface area (Å²) in [5, 5.41) is 10.4. The zero-order chi connectivity index (χ0) is 18.4. The number of H-pyrrole nitrogens is 1. The number of para-hydroxylation sites is 1. The third kappa shape index (κ3) is 4.50. The lowest BCUT2D eigenvalue weighted by molar-refractivity contribution is -0.389. The van der Waals surface area contributed by atoms with Crippen molar-refractivity contribution in [2.45, 2.75) is 13.8 Å². The molecule has 3 rings (SSSR count). The predicted octanol–water partition coefficient (Wildman–Crippen LogP) is 2.60. The fourth-order valence-electron chi connectivity index (χ4n) is 1.91. The minimum atomic E-state index is -0.620. The number of carbonyl (C=O) groups is 1. The number of imidazole rings is 1. The smallest absolute Gasteiger partial charge is 0.374 e. The van der Waals surface area contributed by atoms with Crippen molar-refractivity contribution in [2.24, 2.45) is 0 Å². The van der Waals surface area contributed by atoms with Gasteiger partial charge in [-0.05, 0) is 24.0 Å². The number of carbonyl (C=O) groups excluding carboxylic acids is 1. The molecule has 2 aromatic heterocycles. The maximum atomic E-state index is 11.6. The van der Waals surface area contributed by atoms with E-state index in [4.69, 9.17) is 9.15 Å². The topological polar surface area (TPSA) is 128 Å². The highest BCUT2D eigenvalue weighted by Crippen LogP contribution is 2.12. The summed E-state index contributed by atoms with van der Waals surface area (Å²) in [6.07, 6.45) is 1.19. The van der Waals surface area contributed by atoms with Crippen LogP contribution < -0.4 is 5.43 Å². The van der Waals surface area contributed by atoms with Crippen LogP contribution in [0.1, 0.15) is 23.3 Å². The second-order valence-electron chi connectivity index (χ2n) is 4.80. The lowest BCUT2D eigenvalue weighted by atomic mass is 10.2. The molecule has 0 unspecified atom stereocenters. The van der Waals surface area contributed by atoms with Gasteiger partial charge < -0.3 is 19.3 Å². The van der Waals surface area contributed by atoms with Gasteiger partial charge in [0.2, 0.25) is 5.76 Å². The van der Waals surface area contributed by atoms with E-state index >= 15 is 0 Å². The minimum Gasteiger partial charge on any atom is -0.460 e. The summed E-state index contributed by atoms with van der Waals surface area (Å²) in [5.74, 6) is -0.190. The lowest BCUT2D eigenvalue weighted by Crippen LogP contribution is -2.09. The number of rotatable bonds is 3. The van der Waals surface area contributed by atoms with E-state index in [2.05, 4.69) is 9.97 Å². The molecule has 0 spiro atoms. The molecule has 0 aliphatic carbocycles. The molecule has 0 fully saturated rings. The Kier molecular flexibility index (Phi) is 5.62. The van der Waals surface area contributed by atoms with Gasteiger partial charge in [-0.2, -0.15) is 0 Å². The molecule has 3 aromatic rings. The SMILES string of the molecule is CCOC(=O)c1cc(=O)c2ccccc2o1.Cc1ncc([N+](=O)[O-])[nH]1. The van der Waals surface area contributed by atoms with Crippen molar-refractivity contribution in [1.82, 2.24) is 9.97 Å². The summed E-state index contributed by atoms with van der Waals surface area (Å²) in [5.41, 5.74) is 0.142. The molecule has 1 aromatic carbocycles. The third-order valence-electron chi connectivity index (χ3n) is 3.00. The second kappa shape index (κ2) is 7.86. The Hall–Kier alpha value is -3.49. The highest BCUT2D eigenvalue weighted by atomic mass is 16.6. The van der Waals surface area contributed by atoms with Crippen LogP contribution in [0.5, 0.6) is 0 Å². The molecule has 0 aliphatic heterocycles. The quantitative estimate of drug-likeness (QED) is 0.439. The van der Waals surface area contributed by atoms with Crippen molar-refractivity contribution >= 4 is 22.8 Å². The van der Waals surface area contributed by atoms with Crippen molar-refractivity contribution in [3.63, 3.8) is 0 Å². The number of nitrogens with zero attached hydrogens (tertiary/aromatic N) is 2. The maximum Gasteiger partial charge on any atom is 0.374 e. The zero-order valence-corrected chi connectivity index (χ0v) is 13.5. The summed E-state index contributed by atoms with van der Waals surface area (Å²) in [6, 6.07) is 7.92. The standard InChI is InChI=1S/C12H10O4.C4H5N3O2/c1-2-15-12(14)11-7-9(13)8-5-3-4-6-10(8)16-11;1-3-5-2-4(6-3)7(8)9/h3-7H,2H2,1H3;2H,1H3,(H,5,6). The lowest BCUT2D eigenvalue weighted by Gasteiger charge is -2.01. The number of hydrogen-bond donors (Lipinski definition) is 1. The van der Waals surface area contributed by atoms with Crippen LogP contribution in [0.4, 0.5) is 5.82 Å². The van der Waals surface area contributed by atoms with E-state index in [0.29, 0.717) is 16.8 Å². The zero-order valence-electron chi connectivity index (χ0n) is 13.5. The van der Waals surface area contributed by atoms with Gasteiger partial charge >= 0.3 is 11.8 Å². The Labute approximate surface area is 141 Å². The summed E-state index contributed by atoms with van der Waals surface area (Å²) in [4.78, 5) is 38.6. The van der Waals surface area contributed by atoms with Crippen molar-refractivity contribution in [2.75, 3.05) is 6.61 Å². The number of nitro groups is 1. The number of benzene rings is 1. The fraction of sp³-hybridized carbons (Fsp3) is 0.188. The minimum absolute atomic E-state index is 0.0625. The molecule has 0 amide bonds. The van der Waals surface area contributed by atoms with Crippen LogP contribution in [-0.4, -0.2) is 27.5 Å². The monoisotopic (exact) mass is 345 g/mol. The van der Waals surface area contributed by atoms with Gasteiger partial charge in [0.25, 0.3) is 0 Å². The van der Waals surface area contributed by atoms with Crippen LogP contribution in [0, 0.1) is 17.0 Å². The van der Waals surface area contributed by atoms with E-state index in [0.717, 1.165) is 6.07 Å². The van der Waals surface area contributed by atoms with Crippen LogP contribution in [0.15, 0.2) is 45.7 Å². The van der Waals surface area contributed by atoms with Crippen molar-refractivity contribution in [3.05, 3.63) is 68.5 Å². The van der Waals surface area contributed by atoms with E-state index in [1.54, 1.807) is 38.1 Å². The van der Waals surface area contributed by atoms with Gasteiger partial charge in [-0.25, -0.2) is 14.8 Å². The van der Waals surface area contributed by atoms with Gasteiger partial charge in [0.15, 0.2) is 11.3 Å². The average molecular weight is 345 g/mol. The number of aromatic nitrogens is 2. The molecular weight excluding hydrogens is 330 g/mol. The number of aromatic amines is 1. The summed E-state index contributed by atoms with van der Waals surface area (Å²) in [6.45, 7) is 3.60. The van der Waals surface area contributed by atoms with Crippen LogP contribution in [0.3, 0.4) is 0 Å². The first-order valence-electron chi connectivity index (χ1n) is 7.28. The molecule has 0 bridgehead atoms. The van der Waals surface area contributed by atoms with Gasteiger partial charge in [0.1, 0.15) is 11.8 Å². The van der Waals surface area contributed by atoms with Crippen molar-refractivity contribution < 1.29 is 18.9 Å². The summed E-state index contributed by atoms with van der Waals surface area (Å²) < 4.78 is 10.0. The van der Waals surface area contributed by atoms with Gasteiger partial charge in [-0.15, -0.1) is 0 Å². The summed E-state index contributed by atoms with van der Waals surface area (Å²) in [7, 11) is 0. The van der Waals surface area contributed by atoms with Gasteiger partial charge in [0.05, 0.1) is 12.0 Å². The summed E-state index contributed by atoms with van der Waals surface area (Å²) >= 11 is 0. The van der Waals surface area contributed by atoms with E-state index < -0.39 is 10.9 Å². The van der Waals surface area contributed by atoms with E-state index in [-0.39, 0.29) is 23.6 Å². The van der Waals surface area contributed by atoms with Crippen molar-refractivity contribution in [3.8, 4) is 0 Å². The molecular formula is C16H15N3O6. The second-order valence-corrected chi connectivity index (χ2v) is 4.80. The number of esters is 1. The molecule has 9 nitrogen and oxygen atoms in total. The average Bonchev–Trinajstić information content (AvgIpc) is 3.02. The normalized spacial score (nSPS) is 10.0. The molecule has 130 valence electrons. The number of hydrogen-bond acceptors (Lipinski definition) is 7. The van der Waals surface area contributed by atoms with Gasteiger partial charge in [-0.1, -0.05) is 12.1 Å².